The van der Waals surface area contributed by atoms with E-state index >= 15 is 0 Å². The molecule has 168 valence electrons. The molecule has 2 nitrogen and oxygen atoms in total. The number of imidazole rings is 1. The lowest BCUT2D eigenvalue weighted by atomic mass is 9.90. The van der Waals surface area contributed by atoms with Gasteiger partial charge in [-0.1, -0.05) is 94.4 Å². The number of fused-ring (bicyclic) bond motifs is 4. The van der Waals surface area contributed by atoms with E-state index in [9.17, 15) is 0 Å². The summed E-state index contributed by atoms with van der Waals surface area (Å²) >= 11 is 1.92. The van der Waals surface area contributed by atoms with Crippen LogP contribution in [0.5, 0.6) is 0 Å². The summed E-state index contributed by atoms with van der Waals surface area (Å²) in [5, 5.41) is 2.69. The Hall–Kier alpha value is -3.43. The first-order chi connectivity index (χ1) is 16.5. The monoisotopic (exact) mass is 460 g/mol. The fourth-order valence-electron chi connectivity index (χ4n) is 5.07. The molecule has 6 aromatic rings. The van der Waals surface area contributed by atoms with E-state index in [4.69, 9.17) is 4.98 Å². The molecule has 0 aliphatic carbocycles. The predicted molar refractivity (Wildman–Crippen MR) is 148 cm³/mol. The highest BCUT2D eigenvalue weighted by Crippen LogP contribution is 2.46. The molecule has 0 unspecified atom stereocenters. The smallest absolute Gasteiger partial charge is 0.145 e. The van der Waals surface area contributed by atoms with Gasteiger partial charge in [-0.3, -0.25) is 4.57 Å². The van der Waals surface area contributed by atoms with Gasteiger partial charge in [0.05, 0.1) is 16.7 Å². The van der Waals surface area contributed by atoms with E-state index in [-0.39, 0.29) is 0 Å². The second-order valence-electron chi connectivity index (χ2n) is 9.64. The van der Waals surface area contributed by atoms with Gasteiger partial charge in [-0.25, -0.2) is 4.98 Å². The molecule has 2 heterocycles. The standard InChI is InChI=1S/C31H28N2S/c1-19(2)23-18-24(20(3)4)30-28(22-14-8-11-17-27(22)34-30)29(23)33-26-16-10-9-15-25(26)32-31(33)21-12-6-5-7-13-21/h5-20H,1-4H3. The van der Waals surface area contributed by atoms with Gasteiger partial charge < -0.3 is 0 Å². The first-order valence-corrected chi connectivity index (χ1v) is 12.9. The first kappa shape index (κ1) is 21.1. The van der Waals surface area contributed by atoms with Crippen LogP contribution in [0.4, 0.5) is 0 Å². The molecule has 3 heteroatoms. The summed E-state index contributed by atoms with van der Waals surface area (Å²) in [5.74, 6) is 1.83. The third kappa shape index (κ3) is 3.19. The van der Waals surface area contributed by atoms with Crippen LogP contribution in [0.1, 0.15) is 50.7 Å². The van der Waals surface area contributed by atoms with E-state index in [0.29, 0.717) is 11.8 Å². The Labute approximate surface area is 204 Å². The fourth-order valence-corrected chi connectivity index (χ4v) is 6.44. The second kappa shape index (κ2) is 8.11. The van der Waals surface area contributed by atoms with Crippen molar-refractivity contribution >= 4 is 42.5 Å². The number of hydrogen-bond donors (Lipinski definition) is 0. The molecule has 0 N–H and O–H groups in total. The van der Waals surface area contributed by atoms with Crippen molar-refractivity contribution in [1.82, 2.24) is 9.55 Å². The zero-order valence-corrected chi connectivity index (χ0v) is 20.9. The van der Waals surface area contributed by atoms with Crippen LogP contribution in [-0.2, 0) is 0 Å². The summed E-state index contributed by atoms with van der Waals surface area (Å²) in [4.78, 5) is 5.15. The molecule has 0 aliphatic heterocycles. The number of hydrogen-bond acceptors (Lipinski definition) is 2. The third-order valence-electron chi connectivity index (χ3n) is 6.74. The number of para-hydroxylation sites is 2. The predicted octanol–water partition coefficient (Wildman–Crippen LogP) is 9.31. The van der Waals surface area contributed by atoms with Crippen LogP contribution in [0, 0.1) is 0 Å². The average Bonchev–Trinajstić information content (AvgIpc) is 3.42. The summed E-state index contributed by atoms with van der Waals surface area (Å²) in [6.07, 6.45) is 0. The topological polar surface area (TPSA) is 17.8 Å². The van der Waals surface area contributed by atoms with Crippen LogP contribution < -0.4 is 0 Å². The van der Waals surface area contributed by atoms with Crippen molar-refractivity contribution < 1.29 is 0 Å². The van der Waals surface area contributed by atoms with E-state index in [2.05, 4.69) is 117 Å². The highest BCUT2D eigenvalue weighted by atomic mass is 32.1. The summed E-state index contributed by atoms with van der Waals surface area (Å²) in [6, 6.07) is 30.4. The van der Waals surface area contributed by atoms with Crippen molar-refractivity contribution in [2.24, 2.45) is 0 Å². The van der Waals surface area contributed by atoms with Crippen molar-refractivity contribution in [3.63, 3.8) is 0 Å². The molecule has 0 radical (unpaired) electrons. The number of aromatic nitrogens is 2. The van der Waals surface area contributed by atoms with Crippen LogP contribution >= 0.6 is 11.3 Å². The van der Waals surface area contributed by atoms with E-state index in [1.54, 1.807) is 0 Å². The second-order valence-corrected chi connectivity index (χ2v) is 10.7. The van der Waals surface area contributed by atoms with E-state index in [1.807, 2.05) is 11.3 Å². The minimum atomic E-state index is 0.375. The third-order valence-corrected chi connectivity index (χ3v) is 7.96. The van der Waals surface area contributed by atoms with Gasteiger partial charge in [0.25, 0.3) is 0 Å². The highest BCUT2D eigenvalue weighted by molar-refractivity contribution is 7.26. The maximum atomic E-state index is 5.15. The molecule has 0 amide bonds. The molecule has 0 aliphatic rings. The van der Waals surface area contributed by atoms with Gasteiger partial charge in [0.1, 0.15) is 5.82 Å². The van der Waals surface area contributed by atoms with Crippen molar-refractivity contribution in [3.8, 4) is 17.1 Å². The molecule has 4 aromatic carbocycles. The Morgan fingerprint density at radius 3 is 2.18 bits per heavy atom. The SMILES string of the molecule is CC(C)c1cc(C(C)C)c2sc3ccccc3c2c1-n1c(-c2ccccc2)nc2ccccc21. The Bertz CT molecular complexity index is 1650. The number of thiophene rings is 1. The molecule has 0 spiro atoms. The molecule has 0 atom stereocenters. The number of nitrogens with zero attached hydrogens (tertiary/aromatic N) is 2. The van der Waals surface area contributed by atoms with E-state index in [0.717, 1.165) is 22.4 Å². The van der Waals surface area contributed by atoms with E-state index in [1.165, 1.54) is 37.0 Å². The lowest BCUT2D eigenvalue weighted by Gasteiger charge is -2.21. The Morgan fingerprint density at radius 2 is 1.41 bits per heavy atom. The van der Waals surface area contributed by atoms with Gasteiger partial charge in [-0.2, -0.15) is 0 Å². The van der Waals surface area contributed by atoms with E-state index < -0.39 is 0 Å². The summed E-state index contributed by atoms with van der Waals surface area (Å²) in [7, 11) is 0. The van der Waals surface area contributed by atoms with Gasteiger partial charge in [0.2, 0.25) is 0 Å². The maximum absolute atomic E-state index is 5.15. The molecule has 0 fully saturated rings. The van der Waals surface area contributed by atoms with Gasteiger partial charge >= 0.3 is 0 Å². The first-order valence-electron chi connectivity index (χ1n) is 12.1. The molecule has 2 aromatic heterocycles. The van der Waals surface area contributed by atoms with Gasteiger partial charge in [-0.05, 0) is 41.2 Å². The van der Waals surface area contributed by atoms with Crippen molar-refractivity contribution in [3.05, 3.63) is 96.1 Å². The Balaban J connectivity index is 1.86. The molecule has 6 rings (SSSR count). The summed E-state index contributed by atoms with van der Waals surface area (Å²) in [6.45, 7) is 9.24. The number of rotatable bonds is 4. The fraction of sp³-hybridized carbons (Fsp3) is 0.194. The Morgan fingerprint density at radius 1 is 0.735 bits per heavy atom. The van der Waals surface area contributed by atoms with Gasteiger partial charge in [-0.15, -0.1) is 11.3 Å². The molecular formula is C31H28N2S. The molecule has 0 bridgehead atoms. The van der Waals surface area contributed by atoms with Gasteiger partial charge in [0, 0.05) is 25.7 Å². The van der Waals surface area contributed by atoms with Crippen molar-refractivity contribution in [1.29, 1.82) is 0 Å². The minimum Gasteiger partial charge on any atom is -0.291 e. The summed E-state index contributed by atoms with van der Waals surface area (Å²) < 4.78 is 5.16. The van der Waals surface area contributed by atoms with Crippen LogP contribution in [0.25, 0.3) is 48.3 Å². The quantitative estimate of drug-likeness (QED) is 0.256. The Kier molecular flexibility index (Phi) is 5.04. The van der Waals surface area contributed by atoms with Crippen molar-refractivity contribution in [2.75, 3.05) is 0 Å². The largest absolute Gasteiger partial charge is 0.291 e. The van der Waals surface area contributed by atoms with Crippen LogP contribution in [-0.4, -0.2) is 9.55 Å². The van der Waals surface area contributed by atoms with Crippen molar-refractivity contribution in [2.45, 2.75) is 39.5 Å². The summed E-state index contributed by atoms with van der Waals surface area (Å²) in [5.41, 5.74) is 7.40. The van der Waals surface area contributed by atoms with Crippen LogP contribution in [0.2, 0.25) is 0 Å². The average molecular weight is 461 g/mol. The van der Waals surface area contributed by atoms with Gasteiger partial charge in [0.15, 0.2) is 0 Å². The molecular weight excluding hydrogens is 432 g/mol. The molecule has 34 heavy (non-hydrogen) atoms. The molecule has 0 saturated heterocycles. The number of benzene rings is 4. The van der Waals surface area contributed by atoms with Crippen LogP contribution in [0.3, 0.4) is 0 Å². The lowest BCUT2D eigenvalue weighted by Crippen LogP contribution is -2.06. The zero-order valence-electron chi connectivity index (χ0n) is 20.0. The van der Waals surface area contributed by atoms with Crippen LogP contribution in [0.15, 0.2) is 84.9 Å². The highest BCUT2D eigenvalue weighted by Gasteiger charge is 2.25. The maximum Gasteiger partial charge on any atom is 0.145 e. The zero-order chi connectivity index (χ0) is 23.4. The minimum absolute atomic E-state index is 0.375. The lowest BCUT2D eigenvalue weighted by molar-refractivity contribution is 0.833. The molecule has 0 saturated carbocycles. The normalized spacial score (nSPS) is 12.1.